The third kappa shape index (κ3) is 6.96. The summed E-state index contributed by atoms with van der Waals surface area (Å²) < 4.78 is 38.2. The zero-order valence-corrected chi connectivity index (χ0v) is 19.7. The Morgan fingerprint density at radius 1 is 1.09 bits per heavy atom. The van der Waals surface area contributed by atoms with Gasteiger partial charge in [0.15, 0.2) is 0 Å². The highest BCUT2D eigenvalue weighted by atomic mass is 31.2. The third-order valence-corrected chi connectivity index (χ3v) is 6.71. The highest BCUT2D eigenvalue weighted by Crippen LogP contribution is 2.51. The number of aryl methyl sites for hydroxylation is 1. The molecule has 0 spiro atoms. The van der Waals surface area contributed by atoms with Crippen molar-refractivity contribution < 1.29 is 22.8 Å². The van der Waals surface area contributed by atoms with Gasteiger partial charge in [-0.2, -0.15) is 5.10 Å². The van der Waals surface area contributed by atoms with E-state index >= 15 is 0 Å². The van der Waals surface area contributed by atoms with Crippen molar-refractivity contribution in [3.05, 3.63) is 77.9 Å². The summed E-state index contributed by atoms with van der Waals surface area (Å²) in [5.74, 6) is -0.642. The quantitative estimate of drug-likeness (QED) is 0.306. The maximum Gasteiger partial charge on any atom is 0.335 e. The van der Waals surface area contributed by atoms with E-state index in [1.807, 2.05) is 6.20 Å². The summed E-state index contributed by atoms with van der Waals surface area (Å²) in [6, 6.07) is 13.1. The molecule has 1 N–H and O–H groups in total. The van der Waals surface area contributed by atoms with Gasteiger partial charge in [-0.25, -0.2) is 4.39 Å². The topological polar surface area (TPSA) is 82.5 Å². The molecule has 0 bridgehead atoms. The molecule has 0 saturated heterocycles. The predicted molar refractivity (Wildman–Crippen MR) is 127 cm³/mol. The summed E-state index contributed by atoms with van der Waals surface area (Å²) >= 11 is 0. The first kappa shape index (κ1) is 24.6. The highest BCUT2D eigenvalue weighted by Gasteiger charge is 2.23. The van der Waals surface area contributed by atoms with E-state index in [0.29, 0.717) is 24.6 Å². The molecule has 2 aromatic carbocycles. The zero-order valence-electron chi connectivity index (χ0n) is 18.8. The van der Waals surface area contributed by atoms with Gasteiger partial charge in [-0.1, -0.05) is 24.3 Å². The molecule has 7 nitrogen and oxygen atoms in total. The maximum absolute atomic E-state index is 13.2. The van der Waals surface area contributed by atoms with Crippen LogP contribution < -0.4 is 5.32 Å². The lowest BCUT2D eigenvalue weighted by Crippen LogP contribution is -2.07. The number of aromatic nitrogens is 2. The van der Waals surface area contributed by atoms with Crippen LogP contribution in [0.4, 0.5) is 10.1 Å². The van der Waals surface area contributed by atoms with Gasteiger partial charge < -0.3 is 14.4 Å². The normalized spacial score (nSPS) is 11.8. The van der Waals surface area contributed by atoms with Crippen LogP contribution in [-0.4, -0.2) is 28.9 Å². The molecule has 33 heavy (non-hydrogen) atoms. The van der Waals surface area contributed by atoms with Crippen LogP contribution in [0.1, 0.15) is 25.1 Å². The van der Waals surface area contributed by atoms with Gasteiger partial charge >= 0.3 is 7.60 Å². The minimum absolute atomic E-state index is 0.161. The average molecular weight is 471 g/mol. The lowest BCUT2D eigenvalue weighted by Gasteiger charge is -2.17. The summed E-state index contributed by atoms with van der Waals surface area (Å²) in [4.78, 5) is 12.4. The van der Waals surface area contributed by atoms with Crippen molar-refractivity contribution in [2.45, 2.75) is 20.0 Å². The Morgan fingerprint density at radius 3 is 2.33 bits per heavy atom. The number of nitrogens with zero attached hydrogens (tertiary/aromatic N) is 2. The second-order valence-electron chi connectivity index (χ2n) is 7.23. The van der Waals surface area contributed by atoms with Crippen LogP contribution in [0.15, 0.2) is 60.8 Å². The molecule has 0 saturated carbocycles. The molecular formula is C24H27FN3O4P. The van der Waals surface area contributed by atoms with Gasteiger partial charge in [-0.15, -0.1) is 0 Å². The molecule has 3 rings (SSSR count). The molecule has 0 unspecified atom stereocenters. The van der Waals surface area contributed by atoms with Crippen molar-refractivity contribution in [2.24, 2.45) is 7.05 Å². The van der Waals surface area contributed by atoms with E-state index in [1.165, 1.54) is 18.2 Å². The standard InChI is InChI=1S/C24H27FN3O4P/c1-4-31-33(30,32-5-2)17-18-6-12-21(13-7-18)26-24(29)15-14-23-22(16-28(3)27-23)19-8-10-20(25)11-9-19/h6-16H,4-5,17H2,1-3H3,(H,26,29). The second kappa shape index (κ2) is 11.2. The molecule has 0 aliphatic carbocycles. The van der Waals surface area contributed by atoms with E-state index < -0.39 is 7.60 Å². The molecule has 174 valence electrons. The Balaban J connectivity index is 1.66. The van der Waals surface area contributed by atoms with Crippen molar-refractivity contribution in [3.8, 4) is 11.1 Å². The number of benzene rings is 2. The lowest BCUT2D eigenvalue weighted by molar-refractivity contribution is -0.111. The monoisotopic (exact) mass is 471 g/mol. The minimum atomic E-state index is -3.19. The first-order valence-electron chi connectivity index (χ1n) is 10.6. The maximum atomic E-state index is 13.2. The predicted octanol–water partition coefficient (Wildman–Crippen LogP) is 5.64. The molecule has 0 aliphatic rings. The van der Waals surface area contributed by atoms with Crippen LogP contribution in [0.5, 0.6) is 0 Å². The Hall–Kier alpha value is -3.06. The Morgan fingerprint density at radius 2 is 1.73 bits per heavy atom. The van der Waals surface area contributed by atoms with Crippen LogP contribution >= 0.6 is 7.60 Å². The van der Waals surface area contributed by atoms with Gasteiger partial charge in [0.25, 0.3) is 0 Å². The van der Waals surface area contributed by atoms with Gasteiger partial charge in [-0.3, -0.25) is 14.0 Å². The smallest absolute Gasteiger partial charge is 0.323 e. The van der Waals surface area contributed by atoms with Gasteiger partial charge in [0, 0.05) is 30.6 Å². The number of amides is 1. The first-order chi connectivity index (χ1) is 15.8. The van der Waals surface area contributed by atoms with Crippen molar-refractivity contribution in [2.75, 3.05) is 18.5 Å². The highest BCUT2D eigenvalue weighted by molar-refractivity contribution is 7.53. The van der Waals surface area contributed by atoms with Crippen LogP contribution in [-0.2, 0) is 31.6 Å². The Bertz CT molecular complexity index is 1150. The number of anilines is 1. The van der Waals surface area contributed by atoms with Crippen LogP contribution in [0, 0.1) is 5.82 Å². The third-order valence-electron chi connectivity index (χ3n) is 4.65. The summed E-state index contributed by atoms with van der Waals surface area (Å²) in [5.41, 5.74) is 3.56. The van der Waals surface area contributed by atoms with Crippen LogP contribution in [0.25, 0.3) is 17.2 Å². The SMILES string of the molecule is CCOP(=O)(Cc1ccc(NC(=O)C=Cc2nn(C)cc2-c2ccc(F)cc2)cc1)OCC. The van der Waals surface area contributed by atoms with Crippen molar-refractivity contribution in [1.82, 2.24) is 9.78 Å². The fraction of sp³-hybridized carbons (Fsp3) is 0.250. The van der Waals surface area contributed by atoms with Crippen molar-refractivity contribution in [1.29, 1.82) is 0 Å². The van der Waals surface area contributed by atoms with Gasteiger partial charge in [0.2, 0.25) is 5.91 Å². The molecule has 0 fully saturated rings. The van der Waals surface area contributed by atoms with Crippen LogP contribution in [0.2, 0.25) is 0 Å². The number of hydrogen-bond donors (Lipinski definition) is 1. The molecule has 1 heterocycles. The van der Waals surface area contributed by atoms with E-state index in [-0.39, 0.29) is 17.9 Å². The Kier molecular flexibility index (Phi) is 8.33. The molecule has 1 aromatic heterocycles. The lowest BCUT2D eigenvalue weighted by atomic mass is 10.1. The molecule has 0 aliphatic heterocycles. The molecule has 0 atom stereocenters. The number of hydrogen-bond acceptors (Lipinski definition) is 5. The molecule has 3 aromatic rings. The van der Waals surface area contributed by atoms with E-state index in [1.54, 1.807) is 68.1 Å². The van der Waals surface area contributed by atoms with E-state index in [0.717, 1.165) is 16.7 Å². The zero-order chi connectivity index (χ0) is 23.8. The number of halogens is 1. The molecule has 1 amide bonds. The van der Waals surface area contributed by atoms with E-state index in [9.17, 15) is 13.8 Å². The second-order valence-corrected chi connectivity index (χ2v) is 9.29. The largest absolute Gasteiger partial charge is 0.335 e. The summed E-state index contributed by atoms with van der Waals surface area (Å²) in [6.07, 6.45) is 4.98. The van der Waals surface area contributed by atoms with Crippen LogP contribution in [0.3, 0.4) is 0 Å². The summed E-state index contributed by atoms with van der Waals surface area (Å²) in [6.45, 7) is 4.14. The number of rotatable bonds is 10. The van der Waals surface area contributed by atoms with Crippen molar-refractivity contribution >= 4 is 25.3 Å². The molecule has 9 heteroatoms. The van der Waals surface area contributed by atoms with Crippen molar-refractivity contribution in [3.63, 3.8) is 0 Å². The van der Waals surface area contributed by atoms with Gasteiger partial charge in [-0.05, 0) is 55.3 Å². The van der Waals surface area contributed by atoms with Gasteiger partial charge in [0.1, 0.15) is 5.82 Å². The number of nitrogens with one attached hydrogen (secondary N) is 1. The number of carbonyl (C=O) groups is 1. The Labute approximate surface area is 192 Å². The number of carbonyl (C=O) groups excluding carboxylic acids is 1. The van der Waals surface area contributed by atoms with Gasteiger partial charge in [0.05, 0.1) is 25.1 Å². The fourth-order valence-corrected chi connectivity index (χ4v) is 4.96. The summed E-state index contributed by atoms with van der Waals surface area (Å²) in [7, 11) is -1.41. The first-order valence-corrected chi connectivity index (χ1v) is 12.3. The average Bonchev–Trinajstić information content (AvgIpc) is 3.15. The minimum Gasteiger partial charge on any atom is -0.323 e. The van der Waals surface area contributed by atoms with E-state index in [4.69, 9.17) is 9.05 Å². The molecular weight excluding hydrogens is 444 g/mol. The fourth-order valence-electron chi connectivity index (χ4n) is 3.26. The molecule has 0 radical (unpaired) electrons. The summed E-state index contributed by atoms with van der Waals surface area (Å²) in [5, 5.41) is 7.15. The van der Waals surface area contributed by atoms with E-state index in [2.05, 4.69) is 10.4 Å².